The van der Waals surface area contributed by atoms with Gasteiger partial charge >= 0.3 is 6.18 Å². The van der Waals surface area contributed by atoms with E-state index in [2.05, 4.69) is 29.0 Å². The van der Waals surface area contributed by atoms with Gasteiger partial charge in [0.1, 0.15) is 18.2 Å². The Bertz CT molecular complexity index is 1260. The molecule has 1 aliphatic carbocycles. The molecule has 35 heavy (non-hydrogen) atoms. The molecule has 1 aromatic heterocycles. The van der Waals surface area contributed by atoms with E-state index >= 15 is 0 Å². The van der Waals surface area contributed by atoms with Gasteiger partial charge in [-0.25, -0.2) is 4.98 Å². The number of allylic oxidation sites excluding steroid dienone is 4. The van der Waals surface area contributed by atoms with Gasteiger partial charge in [0.25, 0.3) is 0 Å². The van der Waals surface area contributed by atoms with Crippen LogP contribution in [0.2, 0.25) is 0 Å². The second-order valence-electron chi connectivity index (χ2n) is 8.88. The average Bonchev–Trinajstić information content (AvgIpc) is 3.23. The molecule has 0 amide bonds. The molecule has 0 bridgehead atoms. The molecule has 3 aromatic rings. The van der Waals surface area contributed by atoms with Gasteiger partial charge in [0, 0.05) is 5.56 Å². The lowest BCUT2D eigenvalue weighted by molar-refractivity contribution is -0.137. The summed E-state index contributed by atoms with van der Waals surface area (Å²) in [6, 6.07) is 12.5. The maximum Gasteiger partial charge on any atom is 0.416 e. The van der Waals surface area contributed by atoms with E-state index in [1.165, 1.54) is 17.7 Å². The van der Waals surface area contributed by atoms with Gasteiger partial charge in [-0.1, -0.05) is 30.9 Å². The highest BCUT2D eigenvalue weighted by molar-refractivity contribution is 5.81. The molecule has 0 unspecified atom stereocenters. The van der Waals surface area contributed by atoms with Crippen molar-refractivity contribution in [2.24, 2.45) is 5.92 Å². The van der Waals surface area contributed by atoms with Crippen molar-refractivity contribution >= 4 is 11.6 Å². The standard InChI is InChI=1S/C28H26F3N3O/c1-18-2-5-22(20-12-14-32-15-13-20)16-25-26(18)34-27(33-25)21-6-10-24(11-7-21)35-17-19-3-8-23(9-4-19)28(29,30)31/h2-11,16,20,32H,1,12-15,17H2,(H,33,34). The van der Waals surface area contributed by atoms with Crippen LogP contribution < -0.4 is 10.1 Å². The van der Waals surface area contributed by atoms with Crippen LogP contribution in [0.15, 0.2) is 72.8 Å². The summed E-state index contributed by atoms with van der Waals surface area (Å²) in [5.74, 6) is 1.91. The third-order valence-corrected chi connectivity index (χ3v) is 6.45. The van der Waals surface area contributed by atoms with Gasteiger partial charge in [-0.2, -0.15) is 13.2 Å². The van der Waals surface area contributed by atoms with E-state index in [9.17, 15) is 13.2 Å². The smallest absolute Gasteiger partial charge is 0.416 e. The molecule has 2 N–H and O–H groups in total. The van der Waals surface area contributed by atoms with Crippen molar-refractivity contribution in [2.75, 3.05) is 13.1 Å². The minimum absolute atomic E-state index is 0.183. The largest absolute Gasteiger partial charge is 0.489 e. The van der Waals surface area contributed by atoms with E-state index in [0.29, 0.717) is 17.2 Å². The van der Waals surface area contributed by atoms with Crippen LogP contribution in [0.1, 0.15) is 35.4 Å². The van der Waals surface area contributed by atoms with Crippen molar-refractivity contribution in [1.29, 1.82) is 0 Å². The Morgan fingerprint density at radius 2 is 1.69 bits per heavy atom. The number of rotatable bonds is 5. The van der Waals surface area contributed by atoms with Crippen LogP contribution in [-0.2, 0) is 12.8 Å². The number of hydrogen-bond acceptors (Lipinski definition) is 3. The topological polar surface area (TPSA) is 49.9 Å². The van der Waals surface area contributed by atoms with Crippen LogP contribution in [0.4, 0.5) is 13.2 Å². The van der Waals surface area contributed by atoms with E-state index in [4.69, 9.17) is 9.72 Å². The van der Waals surface area contributed by atoms with E-state index < -0.39 is 11.7 Å². The molecule has 1 saturated heterocycles. The zero-order chi connectivity index (χ0) is 24.4. The minimum Gasteiger partial charge on any atom is -0.489 e. The van der Waals surface area contributed by atoms with Crippen molar-refractivity contribution in [1.82, 2.24) is 15.3 Å². The van der Waals surface area contributed by atoms with E-state index in [-0.39, 0.29) is 6.61 Å². The summed E-state index contributed by atoms with van der Waals surface area (Å²) in [5.41, 5.74) is 4.90. The lowest BCUT2D eigenvalue weighted by Crippen LogP contribution is -2.28. The van der Waals surface area contributed by atoms with Gasteiger partial charge in [0.2, 0.25) is 0 Å². The maximum absolute atomic E-state index is 12.7. The average molecular weight is 478 g/mol. The number of H-pyrrole nitrogens is 1. The molecule has 0 saturated carbocycles. The van der Waals surface area contributed by atoms with Crippen molar-refractivity contribution in [2.45, 2.75) is 25.6 Å². The molecule has 0 atom stereocenters. The SMILES string of the molecule is C=C1C=CC(C2CCNCC2)=Cc2[nH]c(-c3ccc(OCc4ccc(C(F)(F)F)cc4)cc3)nc21. The molecule has 1 aliphatic heterocycles. The third-order valence-electron chi connectivity index (χ3n) is 6.45. The Morgan fingerprint density at radius 1 is 0.971 bits per heavy atom. The summed E-state index contributed by atoms with van der Waals surface area (Å²) < 4.78 is 43.9. The number of alkyl halides is 3. The zero-order valence-corrected chi connectivity index (χ0v) is 19.2. The summed E-state index contributed by atoms with van der Waals surface area (Å²) in [5, 5.41) is 3.41. The number of aromatic nitrogens is 2. The van der Waals surface area contributed by atoms with Crippen molar-refractivity contribution in [3.8, 4) is 17.1 Å². The van der Waals surface area contributed by atoms with Gasteiger partial charge in [-0.05, 0) is 91.0 Å². The van der Waals surface area contributed by atoms with Crippen LogP contribution in [0, 0.1) is 5.92 Å². The van der Waals surface area contributed by atoms with Gasteiger partial charge in [-0.15, -0.1) is 0 Å². The van der Waals surface area contributed by atoms with Crippen LogP contribution in [0.3, 0.4) is 0 Å². The molecule has 2 heterocycles. The molecule has 2 aromatic carbocycles. The second kappa shape index (κ2) is 9.58. The van der Waals surface area contributed by atoms with Gasteiger partial charge in [-0.3, -0.25) is 0 Å². The molecule has 180 valence electrons. The Hall–Kier alpha value is -3.58. The van der Waals surface area contributed by atoms with Crippen molar-refractivity contribution in [3.63, 3.8) is 0 Å². The fourth-order valence-electron chi connectivity index (χ4n) is 4.44. The molecular weight excluding hydrogens is 451 g/mol. The number of imidazole rings is 1. The number of aromatic amines is 1. The van der Waals surface area contributed by atoms with Crippen molar-refractivity contribution in [3.05, 3.63) is 95.3 Å². The fourth-order valence-corrected chi connectivity index (χ4v) is 4.44. The maximum atomic E-state index is 12.7. The number of hydrogen-bond donors (Lipinski definition) is 2. The van der Waals surface area contributed by atoms with Gasteiger partial charge in [0.15, 0.2) is 0 Å². The number of benzene rings is 2. The number of halogens is 3. The van der Waals surface area contributed by atoms with Crippen LogP contribution >= 0.6 is 0 Å². The summed E-state index contributed by atoms with van der Waals surface area (Å²) in [6.07, 6.45) is 4.30. The third kappa shape index (κ3) is 5.25. The molecule has 2 aliphatic rings. The molecule has 0 spiro atoms. The van der Waals surface area contributed by atoms with Crippen LogP contribution in [0.5, 0.6) is 5.75 Å². The first-order valence-corrected chi connectivity index (χ1v) is 11.7. The zero-order valence-electron chi connectivity index (χ0n) is 19.2. The van der Waals surface area contributed by atoms with Crippen LogP contribution in [-0.4, -0.2) is 23.1 Å². The lowest BCUT2D eigenvalue weighted by Gasteiger charge is -2.23. The number of nitrogens with one attached hydrogen (secondary N) is 2. The molecule has 7 heteroatoms. The summed E-state index contributed by atoms with van der Waals surface area (Å²) in [6.45, 7) is 6.44. The lowest BCUT2D eigenvalue weighted by atomic mass is 9.89. The van der Waals surface area contributed by atoms with Crippen LogP contribution in [0.25, 0.3) is 23.0 Å². The summed E-state index contributed by atoms with van der Waals surface area (Å²) in [4.78, 5) is 8.24. The Kier molecular flexibility index (Phi) is 6.34. The van der Waals surface area contributed by atoms with E-state index in [1.54, 1.807) is 0 Å². The number of nitrogens with zero attached hydrogens (tertiary/aromatic N) is 1. The highest BCUT2D eigenvalue weighted by atomic mass is 19.4. The predicted octanol–water partition coefficient (Wildman–Crippen LogP) is 6.64. The van der Waals surface area contributed by atoms with Crippen molar-refractivity contribution < 1.29 is 17.9 Å². The molecule has 0 radical (unpaired) electrons. The first-order chi connectivity index (χ1) is 16.9. The quantitative estimate of drug-likeness (QED) is 0.433. The van der Waals surface area contributed by atoms with E-state index in [0.717, 1.165) is 66.4 Å². The highest BCUT2D eigenvalue weighted by Crippen LogP contribution is 2.33. The molecule has 4 nitrogen and oxygen atoms in total. The number of ether oxygens (including phenoxy) is 1. The minimum atomic E-state index is -4.34. The molecular formula is C28H26F3N3O. The van der Waals surface area contributed by atoms with Gasteiger partial charge < -0.3 is 15.0 Å². The Balaban J connectivity index is 1.29. The predicted molar refractivity (Wildman–Crippen MR) is 132 cm³/mol. The normalized spacial score (nSPS) is 16.5. The molecule has 1 fully saturated rings. The number of fused-ring (bicyclic) bond motifs is 1. The number of piperidine rings is 1. The van der Waals surface area contributed by atoms with E-state index in [1.807, 2.05) is 30.3 Å². The highest BCUT2D eigenvalue weighted by Gasteiger charge is 2.30. The van der Waals surface area contributed by atoms with Gasteiger partial charge in [0.05, 0.1) is 17.0 Å². The summed E-state index contributed by atoms with van der Waals surface area (Å²) >= 11 is 0. The Labute approximate surface area is 202 Å². The monoisotopic (exact) mass is 477 g/mol. The first kappa shape index (κ1) is 23.2. The molecule has 5 rings (SSSR count). The second-order valence-corrected chi connectivity index (χ2v) is 8.88. The summed E-state index contributed by atoms with van der Waals surface area (Å²) in [7, 11) is 0. The Morgan fingerprint density at radius 3 is 2.37 bits per heavy atom. The first-order valence-electron chi connectivity index (χ1n) is 11.7. The fraction of sp³-hybridized carbons (Fsp3) is 0.250.